The first-order valence-corrected chi connectivity index (χ1v) is 9.42. The van der Waals surface area contributed by atoms with Crippen molar-refractivity contribution >= 4 is 11.8 Å². The molecule has 6 heteroatoms. The average Bonchev–Trinajstić information content (AvgIpc) is 3.10. The number of aromatic carboxylic acids is 1. The van der Waals surface area contributed by atoms with Gasteiger partial charge >= 0.3 is 5.97 Å². The lowest BCUT2D eigenvalue weighted by Crippen LogP contribution is -2.07. The van der Waals surface area contributed by atoms with E-state index in [9.17, 15) is 14.7 Å². The van der Waals surface area contributed by atoms with Crippen molar-refractivity contribution in [2.24, 2.45) is 0 Å². The van der Waals surface area contributed by atoms with Gasteiger partial charge in [-0.3, -0.25) is 4.79 Å². The molecular weight excluding hydrogens is 354 g/mol. The highest BCUT2D eigenvalue weighted by Crippen LogP contribution is 2.24. The molecule has 0 aliphatic heterocycles. The Labute approximate surface area is 163 Å². The first kappa shape index (κ1) is 19.5. The quantitative estimate of drug-likeness (QED) is 0.594. The van der Waals surface area contributed by atoms with Crippen LogP contribution in [0, 0.1) is 0 Å². The van der Waals surface area contributed by atoms with Crippen LogP contribution in [0.4, 0.5) is 0 Å². The van der Waals surface area contributed by atoms with E-state index in [4.69, 9.17) is 0 Å². The van der Waals surface area contributed by atoms with Gasteiger partial charge in [0.15, 0.2) is 0 Å². The third-order valence-electron chi connectivity index (χ3n) is 4.55. The molecule has 0 fully saturated rings. The van der Waals surface area contributed by atoms with Gasteiger partial charge in [-0.15, -0.1) is 5.10 Å². The molecule has 0 atom stereocenters. The molecule has 3 rings (SSSR count). The standard InChI is InChI=1S/C22H23N3O3/c1-3-7-20-23-21(19(26)4-2)24-25(20)14-15-10-12-16(13-11-15)17-8-5-6-9-18(17)22(27)28/h5-6,8-13H,3-4,7,14H2,1-2H3,(H,27,28). The highest BCUT2D eigenvalue weighted by Gasteiger charge is 2.15. The van der Waals surface area contributed by atoms with Crippen LogP contribution in [0.2, 0.25) is 0 Å². The highest BCUT2D eigenvalue weighted by atomic mass is 16.4. The van der Waals surface area contributed by atoms with Crippen molar-refractivity contribution in [3.63, 3.8) is 0 Å². The Morgan fingerprint density at radius 3 is 2.39 bits per heavy atom. The summed E-state index contributed by atoms with van der Waals surface area (Å²) >= 11 is 0. The third-order valence-corrected chi connectivity index (χ3v) is 4.55. The summed E-state index contributed by atoms with van der Waals surface area (Å²) in [6, 6.07) is 14.7. The van der Waals surface area contributed by atoms with Crippen molar-refractivity contribution in [2.45, 2.75) is 39.7 Å². The van der Waals surface area contributed by atoms with Crippen molar-refractivity contribution in [3.8, 4) is 11.1 Å². The first-order valence-electron chi connectivity index (χ1n) is 9.42. The number of hydrogen-bond acceptors (Lipinski definition) is 4. The highest BCUT2D eigenvalue weighted by molar-refractivity contribution is 5.96. The molecular formula is C22H23N3O3. The predicted molar refractivity (Wildman–Crippen MR) is 107 cm³/mol. The second-order valence-electron chi connectivity index (χ2n) is 6.58. The smallest absolute Gasteiger partial charge is 0.336 e. The van der Waals surface area contributed by atoms with Gasteiger partial charge in [-0.05, 0) is 29.2 Å². The zero-order valence-corrected chi connectivity index (χ0v) is 16.1. The normalized spacial score (nSPS) is 10.8. The zero-order valence-electron chi connectivity index (χ0n) is 16.1. The fraction of sp³-hybridized carbons (Fsp3) is 0.273. The SMILES string of the molecule is CCCc1nc(C(=O)CC)nn1Cc1ccc(-c2ccccc2C(=O)O)cc1. The number of Topliss-reactive ketones (excluding diaryl/α,β-unsaturated/α-hetero) is 1. The van der Waals surface area contributed by atoms with Gasteiger partial charge in [-0.1, -0.05) is 56.3 Å². The van der Waals surface area contributed by atoms with Crippen LogP contribution in [0.5, 0.6) is 0 Å². The fourth-order valence-electron chi connectivity index (χ4n) is 3.07. The Balaban J connectivity index is 1.86. The molecule has 0 radical (unpaired) electrons. The van der Waals surface area contributed by atoms with Gasteiger partial charge in [-0.2, -0.15) is 0 Å². The monoisotopic (exact) mass is 377 g/mol. The molecule has 0 bridgehead atoms. The Bertz CT molecular complexity index is 991. The van der Waals surface area contributed by atoms with Crippen LogP contribution in [0.3, 0.4) is 0 Å². The lowest BCUT2D eigenvalue weighted by molar-refractivity contribution is 0.0697. The summed E-state index contributed by atoms with van der Waals surface area (Å²) in [7, 11) is 0. The average molecular weight is 377 g/mol. The van der Waals surface area contributed by atoms with Crippen molar-refractivity contribution < 1.29 is 14.7 Å². The van der Waals surface area contributed by atoms with Crippen LogP contribution < -0.4 is 0 Å². The summed E-state index contributed by atoms with van der Waals surface area (Å²) in [5.41, 5.74) is 2.81. The molecule has 6 nitrogen and oxygen atoms in total. The molecule has 1 N–H and O–H groups in total. The maximum absolute atomic E-state index is 11.9. The Morgan fingerprint density at radius 2 is 1.75 bits per heavy atom. The molecule has 0 saturated carbocycles. The Morgan fingerprint density at radius 1 is 1.04 bits per heavy atom. The van der Waals surface area contributed by atoms with Gasteiger partial charge in [0.1, 0.15) is 5.82 Å². The topological polar surface area (TPSA) is 85.1 Å². The number of carboxylic acid groups (broad SMARTS) is 1. The van der Waals surface area contributed by atoms with Crippen LogP contribution in [0.1, 0.15) is 59.1 Å². The molecule has 0 aliphatic rings. The van der Waals surface area contributed by atoms with Crippen LogP contribution in [-0.2, 0) is 13.0 Å². The van der Waals surface area contributed by atoms with E-state index in [1.54, 1.807) is 29.8 Å². The number of carboxylic acids is 1. The number of aryl methyl sites for hydroxylation is 1. The molecule has 0 saturated heterocycles. The molecule has 0 amide bonds. The summed E-state index contributed by atoms with van der Waals surface area (Å²) in [5.74, 6) is 0.0777. The van der Waals surface area contributed by atoms with Crippen LogP contribution in [0.15, 0.2) is 48.5 Å². The summed E-state index contributed by atoms with van der Waals surface area (Å²) < 4.78 is 1.78. The number of nitrogens with zero attached hydrogens (tertiary/aromatic N) is 3. The largest absolute Gasteiger partial charge is 0.478 e. The summed E-state index contributed by atoms with van der Waals surface area (Å²) in [6.07, 6.45) is 2.06. The second-order valence-corrected chi connectivity index (χ2v) is 6.58. The number of benzene rings is 2. The molecule has 1 aromatic heterocycles. The Hall–Kier alpha value is -3.28. The van der Waals surface area contributed by atoms with Crippen LogP contribution in [-0.4, -0.2) is 31.6 Å². The number of rotatable bonds is 8. The van der Waals surface area contributed by atoms with Crippen molar-refractivity contribution in [3.05, 3.63) is 71.3 Å². The maximum Gasteiger partial charge on any atom is 0.336 e. The molecule has 0 aliphatic carbocycles. The summed E-state index contributed by atoms with van der Waals surface area (Å²) in [4.78, 5) is 27.8. The maximum atomic E-state index is 11.9. The van der Waals surface area contributed by atoms with E-state index < -0.39 is 5.97 Å². The number of carbonyl (C=O) groups is 2. The molecule has 1 heterocycles. The predicted octanol–water partition coefficient (Wildman–Crippen LogP) is 4.24. The lowest BCUT2D eigenvalue weighted by Gasteiger charge is -2.09. The van der Waals surface area contributed by atoms with Gasteiger partial charge in [0.25, 0.3) is 0 Å². The lowest BCUT2D eigenvalue weighted by atomic mass is 9.99. The van der Waals surface area contributed by atoms with E-state index in [-0.39, 0.29) is 17.2 Å². The number of aromatic nitrogens is 3. The minimum atomic E-state index is -0.945. The fourth-order valence-corrected chi connectivity index (χ4v) is 3.07. The minimum absolute atomic E-state index is 0.0586. The van der Waals surface area contributed by atoms with Crippen molar-refractivity contribution in [2.75, 3.05) is 0 Å². The third kappa shape index (κ3) is 4.17. The van der Waals surface area contributed by atoms with E-state index in [1.807, 2.05) is 30.3 Å². The zero-order chi connectivity index (χ0) is 20.1. The van der Waals surface area contributed by atoms with Crippen LogP contribution in [0.25, 0.3) is 11.1 Å². The summed E-state index contributed by atoms with van der Waals surface area (Å²) in [6.45, 7) is 4.38. The molecule has 2 aromatic carbocycles. The molecule has 0 spiro atoms. The van der Waals surface area contributed by atoms with E-state index in [1.165, 1.54) is 0 Å². The van der Waals surface area contributed by atoms with Crippen molar-refractivity contribution in [1.82, 2.24) is 14.8 Å². The van der Waals surface area contributed by atoms with E-state index in [0.29, 0.717) is 18.5 Å². The Kier molecular flexibility index (Phi) is 5.99. The van der Waals surface area contributed by atoms with Crippen molar-refractivity contribution in [1.29, 1.82) is 0 Å². The van der Waals surface area contributed by atoms with Gasteiger partial charge in [-0.25, -0.2) is 14.5 Å². The van der Waals surface area contributed by atoms with Gasteiger partial charge in [0.2, 0.25) is 11.6 Å². The van der Waals surface area contributed by atoms with Gasteiger partial charge < -0.3 is 5.11 Å². The summed E-state index contributed by atoms with van der Waals surface area (Å²) in [5, 5.41) is 13.8. The number of hydrogen-bond donors (Lipinski definition) is 1. The first-order chi connectivity index (χ1) is 13.5. The van der Waals surface area contributed by atoms with Crippen LogP contribution >= 0.6 is 0 Å². The second kappa shape index (κ2) is 8.61. The van der Waals surface area contributed by atoms with E-state index in [0.717, 1.165) is 29.8 Å². The van der Waals surface area contributed by atoms with Gasteiger partial charge in [0, 0.05) is 12.8 Å². The minimum Gasteiger partial charge on any atom is -0.478 e. The van der Waals surface area contributed by atoms with Gasteiger partial charge in [0.05, 0.1) is 12.1 Å². The molecule has 3 aromatic rings. The number of carbonyl (C=O) groups excluding carboxylic acids is 1. The molecule has 28 heavy (non-hydrogen) atoms. The van der Waals surface area contributed by atoms with E-state index >= 15 is 0 Å². The molecule has 144 valence electrons. The molecule has 0 unspecified atom stereocenters. The number of ketones is 1. The van der Waals surface area contributed by atoms with E-state index in [2.05, 4.69) is 17.0 Å².